The SMILES string of the molecule is CCN1CCN(c2ccc(Nc3ncc4c(n3)N(CC)C(O)C(c3ccc(-c5cncnc5)cc3Cl)=C4)cc2F)CC1. The van der Waals surface area contributed by atoms with E-state index < -0.39 is 6.23 Å². The molecule has 1 saturated heterocycles. The van der Waals surface area contributed by atoms with Gasteiger partial charge in [-0.3, -0.25) is 0 Å². The minimum atomic E-state index is -0.974. The summed E-state index contributed by atoms with van der Waals surface area (Å²) in [6, 6.07) is 10.8. The van der Waals surface area contributed by atoms with Crippen LogP contribution < -0.4 is 15.1 Å². The molecule has 2 aliphatic heterocycles. The van der Waals surface area contributed by atoms with Crippen LogP contribution in [0.1, 0.15) is 25.0 Å². The van der Waals surface area contributed by atoms with Crippen molar-refractivity contribution in [2.75, 3.05) is 54.4 Å². The van der Waals surface area contributed by atoms with Gasteiger partial charge in [0.2, 0.25) is 5.95 Å². The van der Waals surface area contributed by atoms with E-state index in [1.54, 1.807) is 29.6 Å². The number of hydrogen-bond acceptors (Lipinski definition) is 9. The Morgan fingerprint density at radius 3 is 2.45 bits per heavy atom. The Labute approximate surface area is 249 Å². The highest BCUT2D eigenvalue weighted by molar-refractivity contribution is 6.33. The van der Waals surface area contributed by atoms with Gasteiger partial charge in [0.25, 0.3) is 0 Å². The maximum Gasteiger partial charge on any atom is 0.229 e. The number of hydrogen-bond donors (Lipinski definition) is 2. The van der Waals surface area contributed by atoms with Gasteiger partial charge in [0, 0.05) is 84.3 Å². The zero-order valence-electron chi connectivity index (χ0n) is 23.5. The predicted octanol–water partition coefficient (Wildman–Crippen LogP) is 5.31. The number of nitrogens with zero attached hydrogens (tertiary/aromatic N) is 7. The van der Waals surface area contributed by atoms with Crippen LogP contribution in [0.2, 0.25) is 5.02 Å². The van der Waals surface area contributed by atoms with Crippen molar-refractivity contribution in [1.29, 1.82) is 0 Å². The maximum absolute atomic E-state index is 15.1. The Morgan fingerprint density at radius 1 is 0.976 bits per heavy atom. The van der Waals surface area contributed by atoms with E-state index in [1.807, 2.05) is 37.3 Å². The highest BCUT2D eigenvalue weighted by Gasteiger charge is 2.30. The first-order chi connectivity index (χ1) is 20.4. The van der Waals surface area contributed by atoms with E-state index in [0.29, 0.717) is 45.8 Å². The smallest absolute Gasteiger partial charge is 0.229 e. The number of anilines is 4. The maximum atomic E-state index is 15.1. The van der Waals surface area contributed by atoms with Gasteiger partial charge >= 0.3 is 0 Å². The second kappa shape index (κ2) is 12.0. The second-order valence-electron chi connectivity index (χ2n) is 10.3. The number of aliphatic hydroxyl groups excluding tert-OH is 1. The predicted molar refractivity (Wildman–Crippen MR) is 165 cm³/mol. The van der Waals surface area contributed by atoms with Crippen molar-refractivity contribution in [3.05, 3.63) is 83.3 Å². The van der Waals surface area contributed by atoms with Gasteiger partial charge in [-0.15, -0.1) is 0 Å². The van der Waals surface area contributed by atoms with Crippen LogP contribution >= 0.6 is 11.6 Å². The lowest BCUT2D eigenvalue weighted by Gasteiger charge is -2.35. The van der Waals surface area contributed by atoms with Crippen LogP contribution in [-0.4, -0.2) is 75.4 Å². The third kappa shape index (κ3) is 5.53. The van der Waals surface area contributed by atoms with E-state index in [0.717, 1.165) is 49.4 Å². The minimum Gasteiger partial charge on any atom is -0.369 e. The van der Waals surface area contributed by atoms with Gasteiger partial charge in [0.15, 0.2) is 6.23 Å². The Kier molecular flexibility index (Phi) is 8.01. The van der Waals surface area contributed by atoms with Crippen molar-refractivity contribution in [3.8, 4) is 11.1 Å². The Morgan fingerprint density at radius 2 is 1.76 bits per heavy atom. The van der Waals surface area contributed by atoms with Crippen LogP contribution in [0.25, 0.3) is 22.8 Å². The molecule has 0 saturated carbocycles. The van der Waals surface area contributed by atoms with Crippen molar-refractivity contribution in [1.82, 2.24) is 24.8 Å². The molecule has 1 unspecified atom stereocenters. The monoisotopic (exact) mass is 586 g/mol. The summed E-state index contributed by atoms with van der Waals surface area (Å²) in [7, 11) is 0. The molecule has 2 aliphatic rings. The van der Waals surface area contributed by atoms with Gasteiger partial charge in [-0.05, 0) is 49.4 Å². The number of aliphatic hydroxyl groups is 1. The first kappa shape index (κ1) is 28.0. The third-order valence-electron chi connectivity index (χ3n) is 7.83. The molecular formula is C31H32ClFN8O. The summed E-state index contributed by atoms with van der Waals surface area (Å²) in [6.45, 7) is 9.04. The number of fused-ring (bicyclic) bond motifs is 1. The van der Waals surface area contributed by atoms with Crippen LogP contribution in [0.5, 0.6) is 0 Å². The fraction of sp³-hybridized carbons (Fsp3) is 0.290. The zero-order chi connectivity index (χ0) is 29.2. The number of halogens is 2. The number of rotatable bonds is 7. The Balaban J connectivity index is 1.24. The van der Waals surface area contributed by atoms with E-state index >= 15 is 4.39 Å². The lowest BCUT2D eigenvalue weighted by Crippen LogP contribution is -2.46. The summed E-state index contributed by atoms with van der Waals surface area (Å²) in [5.41, 5.74) is 4.98. The van der Waals surface area contributed by atoms with Gasteiger partial charge in [0.1, 0.15) is 18.0 Å². The van der Waals surface area contributed by atoms with Gasteiger partial charge in [-0.2, -0.15) is 4.98 Å². The van der Waals surface area contributed by atoms with Crippen LogP contribution in [0.15, 0.2) is 61.3 Å². The number of nitrogens with one attached hydrogen (secondary N) is 1. The molecule has 1 fully saturated rings. The lowest BCUT2D eigenvalue weighted by atomic mass is 9.96. The Bertz CT molecular complexity index is 1610. The number of piperazine rings is 1. The average Bonchev–Trinajstić information content (AvgIpc) is 3.02. The molecule has 0 radical (unpaired) electrons. The molecule has 0 spiro atoms. The molecule has 2 aromatic carbocycles. The molecule has 4 heterocycles. The zero-order valence-corrected chi connectivity index (χ0v) is 24.3. The highest BCUT2D eigenvalue weighted by Crippen LogP contribution is 2.39. The van der Waals surface area contributed by atoms with Crippen LogP contribution in [-0.2, 0) is 0 Å². The normalized spacial score (nSPS) is 17.2. The second-order valence-corrected chi connectivity index (χ2v) is 10.7. The molecule has 2 aromatic heterocycles. The summed E-state index contributed by atoms with van der Waals surface area (Å²) in [6.07, 6.45) is 7.51. The van der Waals surface area contributed by atoms with Crippen LogP contribution in [0.3, 0.4) is 0 Å². The highest BCUT2D eigenvalue weighted by atomic mass is 35.5. The number of benzene rings is 2. The van der Waals surface area contributed by atoms with E-state index in [1.165, 1.54) is 12.4 Å². The molecule has 1 atom stereocenters. The standard InChI is InChI=1S/C31H32ClFN8O/c1-3-39-9-11-40(12-10-39)28-8-6-23(15-27(28)33)37-31-36-18-21-13-25(30(42)41(4-2)29(21)38-31)24-7-5-20(14-26(24)32)22-16-34-19-35-17-22/h5-8,13-19,30,42H,3-4,9-12H2,1-2H3,(H,36,37,38). The van der Waals surface area contributed by atoms with E-state index in [9.17, 15) is 5.11 Å². The summed E-state index contributed by atoms with van der Waals surface area (Å²) >= 11 is 6.71. The van der Waals surface area contributed by atoms with Crippen molar-refractivity contribution in [3.63, 3.8) is 0 Å². The topological polar surface area (TPSA) is 93.5 Å². The molecule has 0 bridgehead atoms. The molecule has 42 heavy (non-hydrogen) atoms. The van der Waals surface area contributed by atoms with E-state index in [-0.39, 0.29) is 5.82 Å². The fourth-order valence-corrected chi connectivity index (χ4v) is 5.78. The van der Waals surface area contributed by atoms with Crippen molar-refractivity contribution >= 4 is 46.4 Å². The van der Waals surface area contributed by atoms with E-state index in [4.69, 9.17) is 11.6 Å². The average molecular weight is 587 g/mol. The molecular weight excluding hydrogens is 555 g/mol. The summed E-state index contributed by atoms with van der Waals surface area (Å²) in [4.78, 5) is 23.5. The van der Waals surface area contributed by atoms with Crippen molar-refractivity contribution < 1.29 is 9.50 Å². The number of aromatic nitrogens is 4. The number of likely N-dealkylation sites (N-methyl/N-ethyl adjacent to an activating group) is 2. The summed E-state index contributed by atoms with van der Waals surface area (Å²) in [5.74, 6) is 0.600. The van der Waals surface area contributed by atoms with Crippen LogP contribution in [0, 0.1) is 5.82 Å². The van der Waals surface area contributed by atoms with Crippen LogP contribution in [0.4, 0.5) is 27.5 Å². The van der Waals surface area contributed by atoms with Gasteiger partial charge in [0.05, 0.1) is 5.69 Å². The first-order valence-corrected chi connectivity index (χ1v) is 14.5. The fourth-order valence-electron chi connectivity index (χ4n) is 5.49. The summed E-state index contributed by atoms with van der Waals surface area (Å²) < 4.78 is 15.1. The van der Waals surface area contributed by atoms with Crippen molar-refractivity contribution in [2.45, 2.75) is 20.1 Å². The van der Waals surface area contributed by atoms with Gasteiger partial charge in [-0.1, -0.05) is 30.7 Å². The molecule has 216 valence electrons. The first-order valence-electron chi connectivity index (χ1n) is 14.1. The van der Waals surface area contributed by atoms with Crippen molar-refractivity contribution in [2.24, 2.45) is 0 Å². The minimum absolute atomic E-state index is 0.288. The lowest BCUT2D eigenvalue weighted by molar-refractivity contribution is 0.225. The van der Waals surface area contributed by atoms with Gasteiger partial charge < -0.3 is 25.1 Å². The molecule has 0 aliphatic carbocycles. The molecule has 4 aromatic rings. The largest absolute Gasteiger partial charge is 0.369 e. The molecule has 6 rings (SSSR count). The third-order valence-corrected chi connectivity index (χ3v) is 8.14. The van der Waals surface area contributed by atoms with E-state index in [2.05, 4.69) is 42.0 Å². The molecule has 11 heteroatoms. The molecule has 2 N–H and O–H groups in total. The Hall–Kier alpha value is -4.12. The quantitative estimate of drug-likeness (QED) is 0.299. The molecule has 0 amide bonds. The van der Waals surface area contributed by atoms with Gasteiger partial charge in [-0.25, -0.2) is 19.3 Å². The molecule has 9 nitrogen and oxygen atoms in total. The summed E-state index contributed by atoms with van der Waals surface area (Å²) in [5, 5.41) is 15.0.